The van der Waals surface area contributed by atoms with E-state index in [0.29, 0.717) is 19.8 Å². The van der Waals surface area contributed by atoms with Crippen molar-refractivity contribution in [3.8, 4) is 0 Å². The van der Waals surface area contributed by atoms with Crippen LogP contribution in [0.2, 0.25) is 0 Å². The van der Waals surface area contributed by atoms with Gasteiger partial charge in [-0.2, -0.15) is 22.0 Å². The highest BCUT2D eigenvalue weighted by Gasteiger charge is 2.66. The SMILES string of the molecule is CC1(C(F)(F)C(F)C(F)(F)F)COCC(C(F)(F)C(F)N2CCCCC2)OC1. The predicted molar refractivity (Wildman–Crippen MR) is 79.8 cm³/mol. The van der Waals surface area contributed by atoms with Crippen LogP contribution in [0.5, 0.6) is 0 Å². The molecule has 4 unspecified atom stereocenters. The van der Waals surface area contributed by atoms with Crippen LogP contribution in [0, 0.1) is 5.41 Å². The predicted octanol–water partition coefficient (Wildman–Crippen LogP) is 4.36. The van der Waals surface area contributed by atoms with Crippen molar-refractivity contribution in [2.75, 3.05) is 32.9 Å². The number of likely N-dealkylation sites (tertiary alicyclic amines) is 1. The van der Waals surface area contributed by atoms with E-state index in [-0.39, 0.29) is 13.1 Å². The molecule has 0 N–H and O–H groups in total. The molecule has 2 saturated heterocycles. The zero-order valence-corrected chi connectivity index (χ0v) is 15.1. The molecule has 0 aromatic rings. The number of hydrogen-bond acceptors (Lipinski definition) is 3. The van der Waals surface area contributed by atoms with Gasteiger partial charge in [0.1, 0.15) is 6.10 Å². The summed E-state index contributed by atoms with van der Waals surface area (Å²) in [6, 6.07) is 0. The Hall–Kier alpha value is -0.750. The summed E-state index contributed by atoms with van der Waals surface area (Å²) in [7, 11) is 0. The van der Waals surface area contributed by atoms with Crippen molar-refractivity contribution in [3.05, 3.63) is 0 Å². The van der Waals surface area contributed by atoms with E-state index in [9.17, 15) is 39.5 Å². The molecule has 28 heavy (non-hydrogen) atoms. The Balaban J connectivity index is 2.13. The molecule has 0 radical (unpaired) electrons. The Morgan fingerprint density at radius 1 is 0.929 bits per heavy atom. The van der Waals surface area contributed by atoms with Crippen LogP contribution in [-0.2, 0) is 9.47 Å². The third-order valence-electron chi connectivity index (χ3n) is 5.16. The molecule has 3 nitrogen and oxygen atoms in total. The summed E-state index contributed by atoms with van der Waals surface area (Å²) in [6.07, 6.45) is -13.7. The summed E-state index contributed by atoms with van der Waals surface area (Å²) < 4.78 is 132. The van der Waals surface area contributed by atoms with Crippen molar-refractivity contribution >= 4 is 0 Å². The summed E-state index contributed by atoms with van der Waals surface area (Å²) in [4.78, 5) is 0.896. The highest BCUT2D eigenvalue weighted by Crippen LogP contribution is 2.48. The number of nitrogens with zero attached hydrogens (tertiary/aromatic N) is 1. The summed E-state index contributed by atoms with van der Waals surface area (Å²) in [5.41, 5.74) is -2.87. The van der Waals surface area contributed by atoms with Gasteiger partial charge in [-0.05, 0) is 19.8 Å². The first-order valence-electron chi connectivity index (χ1n) is 8.77. The third kappa shape index (κ3) is 4.53. The van der Waals surface area contributed by atoms with E-state index < -0.39 is 61.8 Å². The number of halogens is 9. The zero-order chi connectivity index (χ0) is 21.4. The number of rotatable bonds is 5. The van der Waals surface area contributed by atoms with Crippen LogP contribution in [-0.4, -0.2) is 74.4 Å². The zero-order valence-electron chi connectivity index (χ0n) is 15.1. The molecule has 2 fully saturated rings. The lowest BCUT2D eigenvalue weighted by atomic mass is 9.82. The van der Waals surface area contributed by atoms with Crippen LogP contribution in [0.3, 0.4) is 0 Å². The minimum absolute atomic E-state index is 0.0786. The summed E-state index contributed by atoms with van der Waals surface area (Å²) in [6.45, 7) is -2.84. The van der Waals surface area contributed by atoms with Crippen LogP contribution in [0.15, 0.2) is 0 Å². The Bertz CT molecular complexity index is 525. The lowest BCUT2D eigenvalue weighted by molar-refractivity contribution is -0.286. The minimum Gasteiger partial charge on any atom is -0.378 e. The summed E-state index contributed by atoms with van der Waals surface area (Å²) >= 11 is 0. The monoisotopic (exact) mass is 431 g/mol. The highest BCUT2D eigenvalue weighted by atomic mass is 19.4. The van der Waals surface area contributed by atoms with Crippen molar-refractivity contribution in [1.29, 1.82) is 0 Å². The Morgan fingerprint density at radius 3 is 2.04 bits per heavy atom. The molecule has 0 bridgehead atoms. The molecule has 0 saturated carbocycles. The standard InChI is InChI=1S/C16H22F9NO2/c1-13(15(21,22)11(17)16(23,24)25)8-27-7-10(28-9-13)14(19,20)12(18)26-5-3-2-4-6-26/h10-12H,2-9H2,1H3. The molecule has 0 spiro atoms. The maximum atomic E-state index is 14.5. The van der Waals surface area contributed by atoms with Gasteiger partial charge >= 0.3 is 12.1 Å². The van der Waals surface area contributed by atoms with Gasteiger partial charge < -0.3 is 9.47 Å². The fraction of sp³-hybridized carbons (Fsp3) is 1.00. The van der Waals surface area contributed by atoms with Crippen LogP contribution >= 0.6 is 0 Å². The van der Waals surface area contributed by atoms with Crippen molar-refractivity contribution in [3.63, 3.8) is 0 Å². The second-order valence-electron chi connectivity index (χ2n) is 7.51. The summed E-state index contributed by atoms with van der Waals surface area (Å²) in [5.74, 6) is -9.16. The number of alkyl halides is 9. The maximum absolute atomic E-state index is 14.5. The largest absolute Gasteiger partial charge is 0.425 e. The van der Waals surface area contributed by atoms with Gasteiger partial charge in [-0.1, -0.05) is 6.42 Å². The van der Waals surface area contributed by atoms with Gasteiger partial charge in [-0.3, -0.25) is 4.90 Å². The average molecular weight is 431 g/mol. The average Bonchev–Trinajstić information content (AvgIpc) is 2.83. The number of hydrogen-bond donors (Lipinski definition) is 0. The molecule has 2 aliphatic rings. The van der Waals surface area contributed by atoms with Gasteiger partial charge in [0.05, 0.1) is 25.2 Å². The second-order valence-corrected chi connectivity index (χ2v) is 7.51. The van der Waals surface area contributed by atoms with Gasteiger partial charge in [0, 0.05) is 13.1 Å². The fourth-order valence-corrected chi connectivity index (χ4v) is 3.23. The third-order valence-corrected chi connectivity index (χ3v) is 5.16. The molecule has 0 aliphatic carbocycles. The Kier molecular flexibility index (Phi) is 6.87. The first-order chi connectivity index (χ1) is 12.7. The fourth-order valence-electron chi connectivity index (χ4n) is 3.23. The Labute approximate surface area is 156 Å². The molecule has 2 rings (SSSR count). The maximum Gasteiger partial charge on any atom is 0.425 e. The molecule has 0 aromatic heterocycles. The number of piperidine rings is 1. The molecule has 4 atom stereocenters. The molecule has 0 amide bonds. The normalized spacial score (nSPS) is 31.3. The smallest absolute Gasteiger partial charge is 0.378 e. The van der Waals surface area contributed by atoms with Gasteiger partial charge in [-0.25, -0.2) is 17.6 Å². The van der Waals surface area contributed by atoms with Gasteiger partial charge in [0.25, 0.3) is 12.1 Å². The molecule has 0 aromatic carbocycles. The first kappa shape index (κ1) is 23.5. The molecule has 2 aliphatic heterocycles. The topological polar surface area (TPSA) is 21.7 Å². The van der Waals surface area contributed by atoms with E-state index in [1.165, 1.54) is 0 Å². The van der Waals surface area contributed by atoms with Gasteiger partial charge in [-0.15, -0.1) is 0 Å². The van der Waals surface area contributed by atoms with E-state index >= 15 is 0 Å². The molecule has 12 heteroatoms. The Morgan fingerprint density at radius 2 is 1.50 bits per heavy atom. The van der Waals surface area contributed by atoms with Crippen LogP contribution in [0.1, 0.15) is 26.2 Å². The van der Waals surface area contributed by atoms with Crippen molar-refractivity contribution in [2.45, 2.75) is 62.8 Å². The summed E-state index contributed by atoms with van der Waals surface area (Å²) in [5, 5.41) is 0. The van der Waals surface area contributed by atoms with E-state index in [4.69, 9.17) is 4.74 Å². The van der Waals surface area contributed by atoms with E-state index in [0.717, 1.165) is 11.3 Å². The number of ether oxygens (including phenoxy) is 2. The lowest BCUT2D eigenvalue weighted by Crippen LogP contribution is -2.56. The van der Waals surface area contributed by atoms with E-state index in [1.54, 1.807) is 0 Å². The highest BCUT2D eigenvalue weighted by molar-refractivity contribution is 4.99. The minimum atomic E-state index is -5.86. The molecular weight excluding hydrogens is 409 g/mol. The first-order valence-corrected chi connectivity index (χ1v) is 8.77. The van der Waals surface area contributed by atoms with E-state index in [2.05, 4.69) is 4.74 Å². The molecule has 2 heterocycles. The van der Waals surface area contributed by atoms with Crippen molar-refractivity contribution in [2.24, 2.45) is 5.41 Å². The van der Waals surface area contributed by atoms with Gasteiger partial charge in [0.2, 0.25) is 6.30 Å². The van der Waals surface area contributed by atoms with Crippen LogP contribution in [0.4, 0.5) is 39.5 Å². The van der Waals surface area contributed by atoms with E-state index in [1.807, 2.05) is 0 Å². The quantitative estimate of drug-likeness (QED) is 0.477. The molecule has 166 valence electrons. The second kappa shape index (κ2) is 8.17. The van der Waals surface area contributed by atoms with Crippen molar-refractivity contribution < 1.29 is 49.0 Å². The van der Waals surface area contributed by atoms with Crippen LogP contribution < -0.4 is 0 Å². The molecular formula is C16H22F9NO2. The lowest BCUT2D eigenvalue weighted by Gasteiger charge is -2.38. The van der Waals surface area contributed by atoms with Crippen molar-refractivity contribution in [1.82, 2.24) is 4.90 Å². The van der Waals surface area contributed by atoms with Gasteiger partial charge in [0.15, 0.2) is 0 Å². The van der Waals surface area contributed by atoms with Crippen LogP contribution in [0.25, 0.3) is 0 Å².